The highest BCUT2D eigenvalue weighted by molar-refractivity contribution is 7.09. The van der Waals surface area contributed by atoms with Crippen LogP contribution in [-0.2, 0) is 11.3 Å². The van der Waals surface area contributed by atoms with Crippen molar-refractivity contribution >= 4 is 11.3 Å². The van der Waals surface area contributed by atoms with Gasteiger partial charge in [-0.1, -0.05) is 6.07 Å². The zero-order chi connectivity index (χ0) is 12.4. The molecule has 1 saturated carbocycles. The van der Waals surface area contributed by atoms with Crippen molar-refractivity contribution in [3.8, 4) is 0 Å². The Morgan fingerprint density at radius 1 is 1.44 bits per heavy atom. The normalized spacial score (nSPS) is 25.8. The van der Waals surface area contributed by atoms with Gasteiger partial charge < -0.3 is 10.5 Å². The van der Waals surface area contributed by atoms with Gasteiger partial charge in [0.15, 0.2) is 0 Å². The molecule has 18 heavy (non-hydrogen) atoms. The summed E-state index contributed by atoms with van der Waals surface area (Å²) in [6.07, 6.45) is 3.86. The van der Waals surface area contributed by atoms with Crippen LogP contribution < -0.4 is 5.73 Å². The second-order valence-electron chi connectivity index (χ2n) is 5.41. The molecule has 4 heteroatoms. The van der Waals surface area contributed by atoms with Crippen molar-refractivity contribution in [2.45, 2.75) is 37.9 Å². The SMILES string of the molecule is NCC(C1CCOC1)N(Cc1cccs1)C1CC1. The van der Waals surface area contributed by atoms with Crippen LogP contribution in [0, 0.1) is 5.92 Å². The molecule has 0 spiro atoms. The molecule has 2 fully saturated rings. The number of hydrogen-bond acceptors (Lipinski definition) is 4. The summed E-state index contributed by atoms with van der Waals surface area (Å²) in [7, 11) is 0. The number of thiophene rings is 1. The molecule has 1 aliphatic heterocycles. The molecule has 0 aromatic carbocycles. The van der Waals surface area contributed by atoms with Crippen LogP contribution in [0.5, 0.6) is 0 Å². The Hall–Kier alpha value is -0.420. The van der Waals surface area contributed by atoms with E-state index in [-0.39, 0.29) is 0 Å². The summed E-state index contributed by atoms with van der Waals surface area (Å²) in [5, 5.41) is 2.16. The van der Waals surface area contributed by atoms with Crippen LogP contribution in [-0.4, -0.2) is 36.7 Å². The van der Waals surface area contributed by atoms with Gasteiger partial charge in [0.2, 0.25) is 0 Å². The van der Waals surface area contributed by atoms with E-state index in [0.717, 1.165) is 32.3 Å². The Kier molecular flexibility index (Phi) is 3.99. The third-order valence-electron chi connectivity index (χ3n) is 4.11. The maximum atomic E-state index is 6.05. The molecular weight excluding hydrogens is 244 g/mol. The van der Waals surface area contributed by atoms with E-state index in [2.05, 4.69) is 22.4 Å². The number of rotatable bonds is 6. The first-order chi connectivity index (χ1) is 8.88. The summed E-state index contributed by atoms with van der Waals surface area (Å²) in [6, 6.07) is 5.64. The van der Waals surface area contributed by atoms with Gasteiger partial charge in [-0.15, -0.1) is 11.3 Å². The van der Waals surface area contributed by atoms with Gasteiger partial charge in [-0.3, -0.25) is 4.90 Å². The van der Waals surface area contributed by atoms with E-state index in [1.807, 2.05) is 11.3 Å². The van der Waals surface area contributed by atoms with E-state index in [9.17, 15) is 0 Å². The van der Waals surface area contributed by atoms with Crippen LogP contribution in [0.2, 0.25) is 0 Å². The molecular formula is C14H22N2OS. The standard InChI is InChI=1S/C14H22N2OS/c15-8-14(11-5-6-17-10-11)16(12-3-4-12)9-13-2-1-7-18-13/h1-2,7,11-12,14H,3-6,8-10,15H2. The third kappa shape index (κ3) is 2.77. The highest BCUT2D eigenvalue weighted by atomic mass is 32.1. The van der Waals surface area contributed by atoms with E-state index in [1.54, 1.807) is 0 Å². The first kappa shape index (κ1) is 12.6. The van der Waals surface area contributed by atoms with Gasteiger partial charge in [0, 0.05) is 42.6 Å². The predicted molar refractivity (Wildman–Crippen MR) is 74.7 cm³/mol. The highest BCUT2D eigenvalue weighted by Crippen LogP contribution is 2.34. The van der Waals surface area contributed by atoms with Crippen LogP contribution >= 0.6 is 11.3 Å². The van der Waals surface area contributed by atoms with Crippen molar-refractivity contribution in [3.05, 3.63) is 22.4 Å². The molecule has 100 valence electrons. The van der Waals surface area contributed by atoms with Crippen molar-refractivity contribution in [1.29, 1.82) is 0 Å². The molecule has 0 radical (unpaired) electrons. The third-order valence-corrected chi connectivity index (χ3v) is 4.97. The lowest BCUT2D eigenvalue weighted by molar-refractivity contribution is 0.110. The molecule has 2 N–H and O–H groups in total. The van der Waals surface area contributed by atoms with E-state index in [4.69, 9.17) is 10.5 Å². The van der Waals surface area contributed by atoms with Gasteiger partial charge in [0.25, 0.3) is 0 Å². The molecule has 0 bridgehead atoms. The average molecular weight is 266 g/mol. The molecule has 1 aliphatic carbocycles. The molecule has 1 aromatic heterocycles. The lowest BCUT2D eigenvalue weighted by Gasteiger charge is -2.34. The number of ether oxygens (including phenoxy) is 1. The van der Waals surface area contributed by atoms with Crippen molar-refractivity contribution in [2.24, 2.45) is 11.7 Å². The molecule has 2 unspecified atom stereocenters. The predicted octanol–water partition coefficient (Wildman–Crippen LogP) is 2.08. The maximum Gasteiger partial charge on any atom is 0.0510 e. The Morgan fingerprint density at radius 3 is 2.89 bits per heavy atom. The summed E-state index contributed by atoms with van der Waals surface area (Å²) in [5.74, 6) is 0.635. The minimum atomic E-state index is 0.502. The second-order valence-corrected chi connectivity index (χ2v) is 6.44. The zero-order valence-electron chi connectivity index (χ0n) is 10.8. The van der Waals surface area contributed by atoms with Gasteiger partial charge in [-0.2, -0.15) is 0 Å². The van der Waals surface area contributed by atoms with E-state index < -0.39 is 0 Å². The lowest BCUT2D eigenvalue weighted by Crippen LogP contribution is -2.46. The average Bonchev–Trinajstić information content (AvgIpc) is 2.89. The Morgan fingerprint density at radius 2 is 2.33 bits per heavy atom. The van der Waals surface area contributed by atoms with Crippen LogP contribution in [0.25, 0.3) is 0 Å². The van der Waals surface area contributed by atoms with Gasteiger partial charge >= 0.3 is 0 Å². The van der Waals surface area contributed by atoms with Crippen LogP contribution in [0.15, 0.2) is 17.5 Å². The minimum Gasteiger partial charge on any atom is -0.381 e. The smallest absolute Gasteiger partial charge is 0.0510 e. The Labute approximate surface area is 113 Å². The molecule has 2 atom stereocenters. The molecule has 3 rings (SSSR count). The van der Waals surface area contributed by atoms with Gasteiger partial charge in [-0.05, 0) is 30.7 Å². The van der Waals surface area contributed by atoms with E-state index in [0.29, 0.717) is 12.0 Å². The Bertz CT molecular complexity index is 358. The van der Waals surface area contributed by atoms with E-state index in [1.165, 1.54) is 24.1 Å². The zero-order valence-corrected chi connectivity index (χ0v) is 11.6. The first-order valence-electron chi connectivity index (χ1n) is 6.94. The first-order valence-corrected chi connectivity index (χ1v) is 7.82. The molecule has 0 amide bonds. The Balaban J connectivity index is 1.70. The molecule has 2 heterocycles. The van der Waals surface area contributed by atoms with Crippen molar-refractivity contribution in [3.63, 3.8) is 0 Å². The summed E-state index contributed by atoms with van der Waals surface area (Å²) in [4.78, 5) is 4.10. The summed E-state index contributed by atoms with van der Waals surface area (Å²) in [6.45, 7) is 3.64. The highest BCUT2D eigenvalue weighted by Gasteiger charge is 2.38. The van der Waals surface area contributed by atoms with Crippen LogP contribution in [0.4, 0.5) is 0 Å². The van der Waals surface area contributed by atoms with Crippen molar-refractivity contribution < 1.29 is 4.74 Å². The fourth-order valence-corrected chi connectivity index (χ4v) is 3.67. The van der Waals surface area contributed by atoms with Gasteiger partial charge in [-0.25, -0.2) is 0 Å². The number of nitrogens with two attached hydrogens (primary N) is 1. The van der Waals surface area contributed by atoms with Crippen LogP contribution in [0.3, 0.4) is 0 Å². The fourth-order valence-electron chi connectivity index (χ4n) is 2.96. The van der Waals surface area contributed by atoms with Crippen molar-refractivity contribution in [2.75, 3.05) is 19.8 Å². The molecule has 3 nitrogen and oxygen atoms in total. The summed E-state index contributed by atoms with van der Waals surface area (Å²) >= 11 is 1.85. The maximum absolute atomic E-state index is 6.05. The van der Waals surface area contributed by atoms with Crippen molar-refractivity contribution in [1.82, 2.24) is 4.90 Å². The monoisotopic (exact) mass is 266 g/mol. The second kappa shape index (κ2) is 5.70. The largest absolute Gasteiger partial charge is 0.381 e. The summed E-state index contributed by atoms with van der Waals surface area (Å²) < 4.78 is 5.55. The number of hydrogen-bond donors (Lipinski definition) is 1. The topological polar surface area (TPSA) is 38.5 Å². The fraction of sp³-hybridized carbons (Fsp3) is 0.714. The van der Waals surface area contributed by atoms with Gasteiger partial charge in [0.1, 0.15) is 0 Å². The number of nitrogens with zero attached hydrogens (tertiary/aromatic N) is 1. The molecule has 2 aliphatic rings. The summed E-state index contributed by atoms with van der Waals surface area (Å²) in [5.41, 5.74) is 6.05. The molecule has 1 saturated heterocycles. The van der Waals surface area contributed by atoms with Gasteiger partial charge in [0.05, 0.1) is 6.61 Å². The lowest BCUT2D eigenvalue weighted by atomic mass is 9.97. The quantitative estimate of drug-likeness (QED) is 0.856. The molecule has 1 aromatic rings. The minimum absolute atomic E-state index is 0.502. The van der Waals surface area contributed by atoms with E-state index >= 15 is 0 Å². The van der Waals surface area contributed by atoms with Crippen LogP contribution in [0.1, 0.15) is 24.1 Å².